The van der Waals surface area contributed by atoms with E-state index in [1.165, 1.54) is 6.92 Å². The number of halogens is 3. The number of hydrogen-bond acceptors (Lipinski definition) is 3. The highest BCUT2D eigenvalue weighted by Gasteiger charge is 2.32. The molecule has 0 aliphatic carbocycles. The van der Waals surface area contributed by atoms with Crippen molar-refractivity contribution in [3.05, 3.63) is 17.0 Å². The van der Waals surface area contributed by atoms with E-state index < -0.39 is 30.1 Å². The highest BCUT2D eigenvalue weighted by atomic mass is 19.4. The van der Waals surface area contributed by atoms with Gasteiger partial charge in [0.25, 0.3) is 0 Å². The van der Waals surface area contributed by atoms with Gasteiger partial charge in [0.2, 0.25) is 5.91 Å². The summed E-state index contributed by atoms with van der Waals surface area (Å²) >= 11 is 0. The van der Waals surface area contributed by atoms with Crippen molar-refractivity contribution < 1.29 is 18.0 Å². The topological polar surface area (TPSA) is 70.7 Å². The summed E-state index contributed by atoms with van der Waals surface area (Å²) in [6, 6.07) is 1.94. The molecule has 5 nitrogen and oxygen atoms in total. The van der Waals surface area contributed by atoms with Crippen LogP contribution in [0.3, 0.4) is 0 Å². The van der Waals surface area contributed by atoms with Gasteiger partial charge in [-0.25, -0.2) is 0 Å². The predicted molar refractivity (Wildman–Crippen MR) is 74.0 cm³/mol. The number of carbonyl (C=O) groups excluding carboxylic acids is 1. The minimum atomic E-state index is -4.38. The fourth-order valence-corrected chi connectivity index (χ4v) is 2.24. The Morgan fingerprint density at radius 2 is 1.95 bits per heavy atom. The first kappa shape index (κ1) is 18.0. The van der Waals surface area contributed by atoms with Crippen LogP contribution in [0.15, 0.2) is 0 Å². The van der Waals surface area contributed by atoms with Crippen molar-refractivity contribution in [2.24, 2.45) is 0 Å². The molecule has 0 radical (unpaired) electrons. The first-order valence-electron chi connectivity index (χ1n) is 6.72. The molecule has 0 fully saturated rings. The van der Waals surface area contributed by atoms with E-state index in [9.17, 15) is 18.0 Å². The summed E-state index contributed by atoms with van der Waals surface area (Å²) in [6.07, 6.45) is -4.38. The molecule has 8 heteroatoms. The lowest BCUT2D eigenvalue weighted by atomic mass is 9.96. The van der Waals surface area contributed by atoms with Crippen molar-refractivity contribution in [1.82, 2.24) is 15.1 Å². The molecular formula is C14H19F3N4O. The van der Waals surface area contributed by atoms with Crippen molar-refractivity contribution in [2.75, 3.05) is 0 Å². The number of nitrogens with one attached hydrogen (secondary N) is 1. The molecule has 1 unspecified atom stereocenters. The van der Waals surface area contributed by atoms with Gasteiger partial charge in [-0.2, -0.15) is 23.5 Å². The van der Waals surface area contributed by atoms with Gasteiger partial charge >= 0.3 is 6.18 Å². The van der Waals surface area contributed by atoms with E-state index >= 15 is 0 Å². The molecule has 1 heterocycles. The summed E-state index contributed by atoms with van der Waals surface area (Å²) in [7, 11) is 0. The Bertz CT molecular complexity index is 611. The molecular weight excluding hydrogens is 297 g/mol. The second-order valence-corrected chi connectivity index (χ2v) is 5.81. The van der Waals surface area contributed by atoms with Crippen molar-refractivity contribution in [3.63, 3.8) is 0 Å². The molecule has 0 saturated heterocycles. The quantitative estimate of drug-likeness (QED) is 0.928. The minimum Gasteiger partial charge on any atom is -0.338 e. The van der Waals surface area contributed by atoms with E-state index in [1.54, 1.807) is 27.7 Å². The summed E-state index contributed by atoms with van der Waals surface area (Å²) in [5.41, 5.74) is 0.0802. The van der Waals surface area contributed by atoms with Crippen molar-refractivity contribution in [3.8, 4) is 6.07 Å². The predicted octanol–water partition coefficient (Wildman–Crippen LogP) is 2.58. The van der Waals surface area contributed by atoms with Crippen molar-refractivity contribution in [1.29, 1.82) is 5.26 Å². The molecule has 1 atom stereocenters. The Kier molecular flexibility index (Phi) is 4.90. The van der Waals surface area contributed by atoms with Crippen LogP contribution in [0, 0.1) is 25.2 Å². The third-order valence-corrected chi connectivity index (χ3v) is 3.31. The second kappa shape index (κ2) is 5.99. The Morgan fingerprint density at radius 1 is 1.41 bits per heavy atom. The summed E-state index contributed by atoms with van der Waals surface area (Å²) < 4.78 is 38.4. The first-order valence-corrected chi connectivity index (χ1v) is 6.72. The molecule has 1 amide bonds. The van der Waals surface area contributed by atoms with Gasteiger partial charge in [-0.1, -0.05) is 0 Å². The number of hydrogen-bond donors (Lipinski definition) is 1. The molecule has 1 aromatic rings. The van der Waals surface area contributed by atoms with Gasteiger partial charge in [0.1, 0.15) is 12.1 Å². The molecule has 0 bridgehead atoms. The average Bonchev–Trinajstić information content (AvgIpc) is 2.61. The monoisotopic (exact) mass is 316 g/mol. The van der Waals surface area contributed by atoms with Crippen LogP contribution >= 0.6 is 0 Å². The lowest BCUT2D eigenvalue weighted by Crippen LogP contribution is -2.44. The highest BCUT2D eigenvalue weighted by molar-refractivity contribution is 5.84. The fourth-order valence-electron chi connectivity index (χ4n) is 2.24. The zero-order chi connectivity index (χ0) is 17.3. The number of aromatic nitrogens is 2. The maximum atomic E-state index is 12.5. The Labute approximate surface area is 127 Å². The van der Waals surface area contributed by atoms with Gasteiger partial charge in [0.15, 0.2) is 0 Å². The normalized spacial score (nSPS) is 13.6. The van der Waals surface area contributed by atoms with Gasteiger partial charge in [-0.15, -0.1) is 0 Å². The summed E-state index contributed by atoms with van der Waals surface area (Å²) in [5.74, 6) is -1.13. The van der Waals surface area contributed by atoms with Gasteiger partial charge in [0.05, 0.1) is 17.7 Å². The number of rotatable bonds is 4. The second-order valence-electron chi connectivity index (χ2n) is 5.81. The summed E-state index contributed by atoms with van der Waals surface area (Å²) in [6.45, 7) is 6.54. The van der Waals surface area contributed by atoms with E-state index in [0.29, 0.717) is 17.0 Å². The Hall–Kier alpha value is -2.04. The molecule has 0 aliphatic rings. The average molecular weight is 316 g/mol. The summed E-state index contributed by atoms with van der Waals surface area (Å²) in [4.78, 5) is 12.2. The number of nitriles is 1. The molecule has 0 saturated carbocycles. The molecule has 1 N–H and O–H groups in total. The van der Waals surface area contributed by atoms with Gasteiger partial charge < -0.3 is 5.32 Å². The van der Waals surface area contributed by atoms with E-state index in [1.807, 2.05) is 6.07 Å². The largest absolute Gasteiger partial charge is 0.408 e. The highest BCUT2D eigenvalue weighted by Crippen LogP contribution is 2.26. The van der Waals surface area contributed by atoms with Crippen molar-refractivity contribution >= 4 is 5.91 Å². The van der Waals surface area contributed by atoms with Gasteiger partial charge in [-0.3, -0.25) is 9.48 Å². The van der Waals surface area contributed by atoms with Crippen LogP contribution in [0.4, 0.5) is 13.2 Å². The molecule has 0 aliphatic heterocycles. The van der Waals surface area contributed by atoms with Crippen LogP contribution in [-0.4, -0.2) is 27.4 Å². The van der Waals surface area contributed by atoms with Crippen LogP contribution in [-0.2, 0) is 11.3 Å². The molecule has 0 spiro atoms. The number of nitrogens with zero attached hydrogens (tertiary/aromatic N) is 3. The first-order chi connectivity index (χ1) is 9.88. The Morgan fingerprint density at radius 3 is 2.41 bits per heavy atom. The number of alkyl halides is 3. The maximum absolute atomic E-state index is 12.5. The minimum absolute atomic E-state index is 0.298. The van der Waals surface area contributed by atoms with E-state index in [-0.39, 0.29) is 0 Å². The Balaban J connectivity index is 3.07. The van der Waals surface area contributed by atoms with E-state index in [0.717, 1.165) is 4.68 Å². The third-order valence-electron chi connectivity index (χ3n) is 3.31. The van der Waals surface area contributed by atoms with Crippen LogP contribution in [0.2, 0.25) is 0 Å². The lowest BCUT2D eigenvalue weighted by Gasteiger charge is -2.21. The third kappa shape index (κ3) is 4.23. The summed E-state index contributed by atoms with van der Waals surface area (Å²) in [5, 5.41) is 15.4. The van der Waals surface area contributed by atoms with Gasteiger partial charge in [0, 0.05) is 11.3 Å². The van der Waals surface area contributed by atoms with E-state index in [4.69, 9.17) is 5.26 Å². The fraction of sp³-hybridized carbons (Fsp3) is 0.643. The molecule has 1 rings (SSSR count). The standard InChI is InChI=1S/C14H19F3N4O/c1-8(12(22)19-13(4,5)6-18)11-9(2)20-21(10(11)3)7-14(15,16)17/h8H,7H2,1-5H3,(H,19,22). The van der Waals surface area contributed by atoms with Crippen LogP contribution in [0.1, 0.15) is 43.6 Å². The smallest absolute Gasteiger partial charge is 0.338 e. The molecule has 1 aromatic heterocycles. The van der Waals surface area contributed by atoms with Crippen molar-refractivity contribution in [2.45, 2.75) is 58.8 Å². The van der Waals surface area contributed by atoms with Crippen LogP contribution in [0.5, 0.6) is 0 Å². The SMILES string of the molecule is Cc1nn(CC(F)(F)F)c(C)c1C(C)C(=O)NC(C)(C)C#N. The number of amides is 1. The molecule has 122 valence electrons. The van der Waals surface area contributed by atoms with Crippen LogP contribution < -0.4 is 5.32 Å². The van der Waals surface area contributed by atoms with Gasteiger partial charge in [-0.05, 0) is 34.6 Å². The lowest BCUT2D eigenvalue weighted by molar-refractivity contribution is -0.143. The number of aryl methyl sites for hydroxylation is 1. The molecule has 22 heavy (non-hydrogen) atoms. The molecule has 0 aromatic carbocycles. The van der Waals surface area contributed by atoms with E-state index in [2.05, 4.69) is 10.4 Å². The number of carbonyl (C=O) groups is 1. The zero-order valence-corrected chi connectivity index (χ0v) is 13.2. The zero-order valence-electron chi connectivity index (χ0n) is 13.2. The van der Waals surface area contributed by atoms with Crippen LogP contribution in [0.25, 0.3) is 0 Å². The maximum Gasteiger partial charge on any atom is 0.408 e.